The summed E-state index contributed by atoms with van der Waals surface area (Å²) < 4.78 is 2.10. The molecule has 0 saturated carbocycles. The average Bonchev–Trinajstić information content (AvgIpc) is 3.19. The molecule has 0 atom stereocenters. The summed E-state index contributed by atoms with van der Waals surface area (Å²) in [5.41, 5.74) is 6.82. The Labute approximate surface area is 229 Å². The highest BCUT2D eigenvalue weighted by atomic mass is 35.5. The van der Waals surface area contributed by atoms with Crippen LogP contribution in [0.4, 0.5) is 0 Å². The van der Waals surface area contributed by atoms with E-state index in [1.165, 1.54) is 5.56 Å². The Morgan fingerprint density at radius 3 is 2.45 bits per heavy atom. The molecule has 1 amide bonds. The van der Waals surface area contributed by atoms with Gasteiger partial charge in [-0.2, -0.15) is 0 Å². The minimum atomic E-state index is -0.257. The molecule has 4 rings (SSSR count). The Balaban J connectivity index is 1.76. The van der Waals surface area contributed by atoms with Crippen LogP contribution in [0.5, 0.6) is 0 Å². The second kappa shape index (κ2) is 11.6. The van der Waals surface area contributed by atoms with Gasteiger partial charge in [-0.1, -0.05) is 49.2 Å². The molecule has 0 unspecified atom stereocenters. The molecular formula is C31H37ClN4O2. The number of nitrogens with zero attached hydrogens (tertiary/aromatic N) is 2. The predicted molar refractivity (Wildman–Crippen MR) is 157 cm³/mol. The highest BCUT2D eigenvalue weighted by molar-refractivity contribution is 6.37. The lowest BCUT2D eigenvalue weighted by Crippen LogP contribution is -2.28. The first kappa shape index (κ1) is 27.7. The van der Waals surface area contributed by atoms with Crippen LogP contribution in [0.1, 0.15) is 66.0 Å². The van der Waals surface area contributed by atoms with Crippen LogP contribution >= 0.6 is 11.6 Å². The fraction of sp³-hybridized carbons (Fsp3) is 0.355. The standard InChI is InChI=1S/C31H37ClN4O2/c1-7-8-23-13-20(4)34-31(38)26(23)16-33-30(37)25-14-24(22-11-9-21(10-12-22)17-35(5)6)15-28-29(25)27(32)18-36(28)19(2)3/h9-15,18-19H,7-8,16-17H2,1-6H3,(H,33,37)(H,34,38). The predicted octanol–water partition coefficient (Wildman–Crippen LogP) is 6.48. The summed E-state index contributed by atoms with van der Waals surface area (Å²) in [4.78, 5) is 31.4. The van der Waals surface area contributed by atoms with Crippen LogP contribution < -0.4 is 10.9 Å². The van der Waals surface area contributed by atoms with Crippen molar-refractivity contribution in [2.75, 3.05) is 14.1 Å². The van der Waals surface area contributed by atoms with Crippen molar-refractivity contribution in [1.29, 1.82) is 0 Å². The van der Waals surface area contributed by atoms with Gasteiger partial charge in [-0.25, -0.2) is 0 Å². The summed E-state index contributed by atoms with van der Waals surface area (Å²) in [6.07, 6.45) is 3.59. The number of halogens is 1. The number of amides is 1. The van der Waals surface area contributed by atoms with E-state index in [4.69, 9.17) is 11.6 Å². The number of hydrogen-bond acceptors (Lipinski definition) is 3. The van der Waals surface area contributed by atoms with Crippen LogP contribution in [0.25, 0.3) is 22.0 Å². The lowest BCUT2D eigenvalue weighted by molar-refractivity contribution is 0.0952. The molecule has 6 nitrogen and oxygen atoms in total. The van der Waals surface area contributed by atoms with Crippen molar-refractivity contribution in [1.82, 2.24) is 19.8 Å². The number of nitrogens with one attached hydrogen (secondary N) is 2. The molecule has 0 aliphatic rings. The second-order valence-corrected chi connectivity index (χ2v) is 11.0. The molecule has 0 aliphatic carbocycles. The summed E-state index contributed by atoms with van der Waals surface area (Å²) in [6.45, 7) is 9.15. The fourth-order valence-electron chi connectivity index (χ4n) is 5.01. The van der Waals surface area contributed by atoms with Crippen LogP contribution in [-0.4, -0.2) is 34.5 Å². The van der Waals surface area contributed by atoms with Gasteiger partial charge in [0.05, 0.1) is 16.1 Å². The Hall–Kier alpha value is -3.35. The maximum atomic E-state index is 13.7. The van der Waals surface area contributed by atoms with Gasteiger partial charge in [0.1, 0.15) is 0 Å². The van der Waals surface area contributed by atoms with Gasteiger partial charge in [0, 0.05) is 42.0 Å². The van der Waals surface area contributed by atoms with Crippen LogP contribution in [0, 0.1) is 6.92 Å². The highest BCUT2D eigenvalue weighted by Crippen LogP contribution is 2.35. The number of H-pyrrole nitrogens is 1. The fourth-order valence-corrected chi connectivity index (χ4v) is 5.32. The zero-order valence-electron chi connectivity index (χ0n) is 23.1. The monoisotopic (exact) mass is 532 g/mol. The first-order valence-electron chi connectivity index (χ1n) is 13.2. The molecular weight excluding hydrogens is 496 g/mol. The zero-order valence-corrected chi connectivity index (χ0v) is 23.9. The third-order valence-electron chi connectivity index (χ3n) is 6.78. The molecule has 0 spiro atoms. The van der Waals surface area contributed by atoms with Crippen LogP contribution in [0.15, 0.2) is 53.5 Å². The van der Waals surface area contributed by atoms with E-state index in [2.05, 4.69) is 70.9 Å². The Morgan fingerprint density at radius 2 is 1.82 bits per heavy atom. The Kier molecular flexibility index (Phi) is 8.44. The van der Waals surface area contributed by atoms with Gasteiger partial charge in [0.15, 0.2) is 0 Å². The van der Waals surface area contributed by atoms with Crippen molar-refractivity contribution in [3.63, 3.8) is 0 Å². The molecule has 4 aromatic rings. The van der Waals surface area contributed by atoms with Crippen molar-refractivity contribution in [2.45, 2.75) is 59.7 Å². The number of benzene rings is 2. The molecule has 0 saturated heterocycles. The average molecular weight is 533 g/mol. The van der Waals surface area contributed by atoms with Crippen molar-refractivity contribution < 1.29 is 4.79 Å². The summed E-state index contributed by atoms with van der Waals surface area (Å²) in [5.74, 6) is -0.257. The SMILES string of the molecule is CCCc1cc(C)[nH]c(=O)c1CNC(=O)c1cc(-c2ccc(CN(C)C)cc2)cc2c1c(Cl)cn2C(C)C. The lowest BCUT2D eigenvalue weighted by atomic mass is 9.98. The molecule has 7 heteroatoms. The summed E-state index contributed by atoms with van der Waals surface area (Å²) in [7, 11) is 4.10. The number of hydrogen-bond donors (Lipinski definition) is 2. The third kappa shape index (κ3) is 5.87. The first-order chi connectivity index (χ1) is 18.1. The maximum absolute atomic E-state index is 13.7. The molecule has 2 aromatic heterocycles. The summed E-state index contributed by atoms with van der Waals surface area (Å²) >= 11 is 6.70. The van der Waals surface area contributed by atoms with Gasteiger partial charge in [-0.15, -0.1) is 0 Å². The largest absolute Gasteiger partial charge is 0.348 e. The molecule has 38 heavy (non-hydrogen) atoms. The summed E-state index contributed by atoms with van der Waals surface area (Å²) in [5, 5.41) is 4.26. The number of carbonyl (C=O) groups excluding carboxylic acids is 1. The van der Waals surface area contributed by atoms with E-state index in [0.717, 1.165) is 52.7 Å². The van der Waals surface area contributed by atoms with Crippen molar-refractivity contribution >= 4 is 28.4 Å². The number of aromatic nitrogens is 2. The van der Waals surface area contributed by atoms with Crippen LogP contribution in [0.2, 0.25) is 5.02 Å². The van der Waals surface area contributed by atoms with E-state index in [-0.39, 0.29) is 24.1 Å². The van der Waals surface area contributed by atoms with E-state index < -0.39 is 0 Å². The van der Waals surface area contributed by atoms with E-state index in [1.54, 1.807) is 0 Å². The number of fused-ring (bicyclic) bond motifs is 1. The van der Waals surface area contributed by atoms with Crippen LogP contribution in [-0.2, 0) is 19.5 Å². The van der Waals surface area contributed by atoms with Crippen molar-refractivity contribution in [3.8, 4) is 11.1 Å². The van der Waals surface area contributed by atoms with Crippen molar-refractivity contribution in [2.24, 2.45) is 0 Å². The molecule has 2 heterocycles. The molecule has 0 fully saturated rings. The van der Waals surface area contributed by atoms with E-state index in [0.29, 0.717) is 16.1 Å². The van der Waals surface area contributed by atoms with Gasteiger partial charge in [0.2, 0.25) is 0 Å². The van der Waals surface area contributed by atoms with E-state index in [1.807, 2.05) is 39.3 Å². The molecule has 200 valence electrons. The van der Waals surface area contributed by atoms with Gasteiger partial charge < -0.3 is 19.8 Å². The first-order valence-corrected chi connectivity index (χ1v) is 13.5. The van der Waals surface area contributed by atoms with Gasteiger partial charge in [0.25, 0.3) is 11.5 Å². The smallest absolute Gasteiger partial charge is 0.253 e. The third-order valence-corrected chi connectivity index (χ3v) is 7.07. The molecule has 2 aromatic carbocycles. The van der Waals surface area contributed by atoms with Gasteiger partial charge in [-0.3, -0.25) is 9.59 Å². The normalized spacial score (nSPS) is 11.6. The Bertz CT molecular complexity index is 1510. The van der Waals surface area contributed by atoms with Crippen molar-refractivity contribution in [3.05, 3.63) is 92.0 Å². The number of aryl methyl sites for hydroxylation is 2. The minimum absolute atomic E-state index is 0.150. The van der Waals surface area contributed by atoms with E-state index >= 15 is 0 Å². The second-order valence-electron chi connectivity index (χ2n) is 10.5. The topological polar surface area (TPSA) is 70.1 Å². The molecule has 0 radical (unpaired) electrons. The molecule has 0 bridgehead atoms. The number of pyridine rings is 1. The van der Waals surface area contributed by atoms with Crippen LogP contribution in [0.3, 0.4) is 0 Å². The number of rotatable bonds is 9. The molecule has 2 N–H and O–H groups in total. The lowest BCUT2D eigenvalue weighted by Gasteiger charge is -2.15. The van der Waals surface area contributed by atoms with Gasteiger partial charge in [-0.05, 0) is 81.7 Å². The maximum Gasteiger partial charge on any atom is 0.253 e. The summed E-state index contributed by atoms with van der Waals surface area (Å²) in [6, 6.07) is 14.6. The highest BCUT2D eigenvalue weighted by Gasteiger charge is 2.20. The van der Waals surface area contributed by atoms with E-state index in [9.17, 15) is 9.59 Å². The molecule has 0 aliphatic heterocycles. The zero-order chi connectivity index (χ0) is 27.6. The van der Waals surface area contributed by atoms with Gasteiger partial charge >= 0.3 is 0 Å². The Morgan fingerprint density at radius 1 is 1.11 bits per heavy atom. The quantitative estimate of drug-likeness (QED) is 0.259. The number of carbonyl (C=O) groups is 1. The minimum Gasteiger partial charge on any atom is -0.348 e. The number of aromatic amines is 1.